The summed E-state index contributed by atoms with van der Waals surface area (Å²) in [5, 5.41) is 21.1. The molecule has 0 spiro atoms. The van der Waals surface area contributed by atoms with Gasteiger partial charge in [0.2, 0.25) is 0 Å². The Kier molecular flexibility index (Phi) is 4.35. The quantitative estimate of drug-likeness (QED) is 0.375. The van der Waals surface area contributed by atoms with E-state index in [-0.39, 0.29) is 23.9 Å². The van der Waals surface area contributed by atoms with Crippen LogP contribution in [-0.4, -0.2) is 28.7 Å². The zero-order valence-electron chi connectivity index (χ0n) is 16.1. The van der Waals surface area contributed by atoms with Crippen LogP contribution in [0.1, 0.15) is 33.9 Å². The second-order valence-corrected chi connectivity index (χ2v) is 9.19. The Hall–Kier alpha value is -2.14. The first kappa shape index (κ1) is 18.9. The van der Waals surface area contributed by atoms with E-state index in [1.165, 1.54) is 37.6 Å². The molecule has 0 bridgehead atoms. The minimum absolute atomic E-state index is 0. The van der Waals surface area contributed by atoms with Gasteiger partial charge in [0.15, 0.2) is 11.5 Å². The van der Waals surface area contributed by atoms with E-state index >= 15 is 0 Å². The molecule has 148 valence electrons. The fourth-order valence-corrected chi connectivity index (χ4v) is 6.33. The number of aromatic hydroxyl groups is 2. The van der Waals surface area contributed by atoms with Crippen molar-refractivity contribution in [2.24, 2.45) is 0 Å². The average molecular weight is 424 g/mol. The smallest absolute Gasteiger partial charge is 0.165 e. The van der Waals surface area contributed by atoms with Gasteiger partial charge in [-0.1, -0.05) is 36.0 Å². The van der Waals surface area contributed by atoms with Crippen LogP contribution in [0, 0.1) is 0 Å². The maximum Gasteiger partial charge on any atom is 0.165 e. The lowest BCUT2D eigenvalue weighted by molar-refractivity contribution is 0.227. The molecule has 2 N–H and O–H groups in total. The summed E-state index contributed by atoms with van der Waals surface area (Å²) in [6, 6.07) is 14.9. The lowest BCUT2D eigenvalue weighted by Crippen LogP contribution is -2.36. The molecule has 2 aliphatic heterocycles. The predicted molar refractivity (Wildman–Crippen MR) is 119 cm³/mol. The van der Waals surface area contributed by atoms with E-state index in [9.17, 15) is 10.2 Å². The molecule has 0 saturated heterocycles. The van der Waals surface area contributed by atoms with Crippen molar-refractivity contribution in [3.63, 3.8) is 0 Å². The van der Waals surface area contributed by atoms with E-state index in [0.29, 0.717) is 6.04 Å². The number of hydrogen-bond donors (Lipinski definition) is 2. The molecule has 3 aromatic rings. The lowest BCUT2D eigenvalue weighted by Gasteiger charge is -2.42. The van der Waals surface area contributed by atoms with Gasteiger partial charge in [-0.25, -0.2) is 0 Å². The maximum absolute atomic E-state index is 10.9. The van der Waals surface area contributed by atoms with Gasteiger partial charge in [-0.05, 0) is 71.5 Å². The topological polar surface area (TPSA) is 43.7 Å². The van der Waals surface area contributed by atoms with Crippen LogP contribution in [0.15, 0.2) is 52.3 Å². The maximum atomic E-state index is 10.9. The summed E-state index contributed by atoms with van der Waals surface area (Å²) in [4.78, 5) is 5.06. The highest BCUT2D eigenvalue weighted by atomic mass is 35.5. The normalized spacial score (nSPS) is 18.7. The Morgan fingerprint density at radius 3 is 2.66 bits per heavy atom. The first-order valence-electron chi connectivity index (χ1n) is 9.80. The van der Waals surface area contributed by atoms with Gasteiger partial charge in [0.05, 0.1) is 0 Å². The van der Waals surface area contributed by atoms with Gasteiger partial charge >= 0.3 is 0 Å². The molecule has 0 fully saturated rings. The highest BCUT2D eigenvalue weighted by Gasteiger charge is 2.37. The van der Waals surface area contributed by atoms with Crippen LogP contribution in [0.2, 0.25) is 0 Å². The molecule has 2 heterocycles. The molecule has 5 heteroatoms. The van der Waals surface area contributed by atoms with Crippen molar-refractivity contribution in [3.05, 3.63) is 70.3 Å². The monoisotopic (exact) mass is 423 g/mol. The summed E-state index contributed by atoms with van der Waals surface area (Å²) in [6.45, 7) is 1.05. The van der Waals surface area contributed by atoms with Crippen LogP contribution in [0.3, 0.4) is 0 Å². The van der Waals surface area contributed by atoms with Crippen molar-refractivity contribution in [1.29, 1.82) is 0 Å². The van der Waals surface area contributed by atoms with Crippen molar-refractivity contribution in [1.82, 2.24) is 4.90 Å². The fourth-order valence-electron chi connectivity index (χ4n) is 5.18. The van der Waals surface area contributed by atoms with Crippen molar-refractivity contribution in [2.45, 2.75) is 35.1 Å². The highest BCUT2D eigenvalue weighted by molar-refractivity contribution is 7.99. The number of benzene rings is 3. The van der Waals surface area contributed by atoms with Gasteiger partial charge in [-0.2, -0.15) is 0 Å². The third-order valence-electron chi connectivity index (χ3n) is 6.58. The number of rotatable bonds is 0. The van der Waals surface area contributed by atoms with Crippen molar-refractivity contribution >= 4 is 24.2 Å². The van der Waals surface area contributed by atoms with E-state index in [1.54, 1.807) is 6.07 Å². The second kappa shape index (κ2) is 6.69. The Bertz CT molecular complexity index is 1160. The molecule has 3 aromatic carbocycles. The van der Waals surface area contributed by atoms with Crippen LogP contribution < -0.4 is 0 Å². The average Bonchev–Trinajstić information content (AvgIpc) is 2.71. The molecule has 3 nitrogen and oxygen atoms in total. The summed E-state index contributed by atoms with van der Waals surface area (Å²) in [7, 11) is 2.20. The minimum Gasteiger partial charge on any atom is -0.504 e. The number of phenols is 2. The molecule has 6 rings (SSSR count). The zero-order chi connectivity index (χ0) is 19.0. The third-order valence-corrected chi connectivity index (χ3v) is 7.79. The van der Waals surface area contributed by atoms with Crippen LogP contribution in [0.4, 0.5) is 0 Å². The number of hydrogen-bond acceptors (Lipinski definition) is 4. The third kappa shape index (κ3) is 2.63. The SMILES string of the molecule is CN1CCc2cc3c(c4c2[C@H]1Cc1ccc(O)c(O)c1-4)Cc1ccccc1S3.Cl. The van der Waals surface area contributed by atoms with Gasteiger partial charge in [0.1, 0.15) is 0 Å². The Balaban J connectivity index is 0.00000181. The van der Waals surface area contributed by atoms with E-state index < -0.39 is 0 Å². The van der Waals surface area contributed by atoms with Crippen molar-refractivity contribution in [3.8, 4) is 22.6 Å². The molecule has 1 aliphatic carbocycles. The van der Waals surface area contributed by atoms with Gasteiger partial charge < -0.3 is 10.2 Å². The molecular formula is C24H22ClNO2S. The van der Waals surface area contributed by atoms with Crippen LogP contribution >= 0.6 is 24.2 Å². The highest BCUT2D eigenvalue weighted by Crippen LogP contribution is 2.55. The fraction of sp³-hybridized carbons (Fsp3) is 0.250. The molecule has 29 heavy (non-hydrogen) atoms. The van der Waals surface area contributed by atoms with E-state index in [4.69, 9.17) is 0 Å². The predicted octanol–water partition coefficient (Wildman–Crippen LogP) is 5.33. The number of nitrogens with zero attached hydrogens (tertiary/aromatic N) is 1. The number of phenolic OH excluding ortho intramolecular Hbond substituents is 2. The molecule has 0 aromatic heterocycles. The van der Waals surface area contributed by atoms with Crippen molar-refractivity contribution < 1.29 is 10.2 Å². The Labute approximate surface area is 180 Å². The minimum atomic E-state index is -0.0309. The Morgan fingerprint density at radius 1 is 0.966 bits per heavy atom. The second-order valence-electron chi connectivity index (χ2n) is 8.11. The molecule has 0 radical (unpaired) electrons. The summed E-state index contributed by atoms with van der Waals surface area (Å²) in [5.41, 5.74) is 8.54. The summed E-state index contributed by atoms with van der Waals surface area (Å²) >= 11 is 1.84. The van der Waals surface area contributed by atoms with E-state index in [2.05, 4.69) is 42.3 Å². The molecule has 3 aliphatic rings. The number of fused-ring (bicyclic) bond motifs is 5. The Morgan fingerprint density at radius 2 is 1.79 bits per heavy atom. The summed E-state index contributed by atoms with van der Waals surface area (Å²) in [5.74, 6) is 0.000199. The largest absolute Gasteiger partial charge is 0.504 e. The van der Waals surface area contributed by atoms with Crippen molar-refractivity contribution in [2.75, 3.05) is 13.6 Å². The molecule has 0 amide bonds. The molecular weight excluding hydrogens is 402 g/mol. The summed E-state index contributed by atoms with van der Waals surface area (Å²) < 4.78 is 0. The van der Waals surface area contributed by atoms with Crippen LogP contribution in [0.25, 0.3) is 11.1 Å². The standard InChI is InChI=1S/C24H21NO2S.ClH/c1-25-9-8-15-12-20-16(10-13-4-2-3-5-19(13)28-20)23-21(15)17(25)11-14-6-7-18(26)24(27)22(14)23;/h2-7,12,17,26-27H,8-11H2,1H3;1H/t17-;/m1./s1. The van der Waals surface area contributed by atoms with Gasteiger partial charge in [-0.15, -0.1) is 12.4 Å². The van der Waals surface area contributed by atoms with Gasteiger partial charge in [0, 0.05) is 34.4 Å². The zero-order valence-corrected chi connectivity index (χ0v) is 17.7. The van der Waals surface area contributed by atoms with E-state index in [1.807, 2.05) is 17.8 Å². The van der Waals surface area contributed by atoms with Gasteiger partial charge in [0.25, 0.3) is 0 Å². The number of likely N-dealkylation sites (N-methyl/N-ethyl adjacent to an activating group) is 1. The number of halogens is 1. The lowest BCUT2D eigenvalue weighted by atomic mass is 9.74. The van der Waals surface area contributed by atoms with Gasteiger partial charge in [-0.3, -0.25) is 4.90 Å². The first-order chi connectivity index (χ1) is 13.6. The first-order valence-corrected chi connectivity index (χ1v) is 10.6. The summed E-state index contributed by atoms with van der Waals surface area (Å²) in [6.07, 6.45) is 2.77. The molecule has 1 atom stereocenters. The van der Waals surface area contributed by atoms with E-state index in [0.717, 1.165) is 36.9 Å². The van der Waals surface area contributed by atoms with Crippen LogP contribution in [-0.2, 0) is 19.3 Å². The molecule has 0 saturated carbocycles. The molecule has 0 unspecified atom stereocenters. The van der Waals surface area contributed by atoms with Crippen LogP contribution in [0.5, 0.6) is 11.5 Å².